The van der Waals surface area contributed by atoms with Gasteiger partial charge in [0.2, 0.25) is 0 Å². The number of methoxy groups -OCH3 is 2. The normalized spacial score (nSPS) is 12.3. The highest BCUT2D eigenvalue weighted by atomic mass is 35.5. The van der Waals surface area contributed by atoms with Crippen LogP contribution in [0.2, 0.25) is 5.02 Å². The molecule has 0 heterocycles. The van der Waals surface area contributed by atoms with Crippen LogP contribution in [0.3, 0.4) is 0 Å². The van der Waals surface area contributed by atoms with Gasteiger partial charge in [-0.1, -0.05) is 11.6 Å². The SMILES string of the molecule is COc1cc(C(N)CCO)cc(Cl)c1OC. The Kier molecular flexibility index (Phi) is 4.86. The number of halogens is 1. The highest BCUT2D eigenvalue weighted by Crippen LogP contribution is 2.37. The minimum atomic E-state index is -0.262. The number of benzene rings is 1. The van der Waals surface area contributed by atoms with Gasteiger partial charge in [0.25, 0.3) is 0 Å². The van der Waals surface area contributed by atoms with E-state index in [0.29, 0.717) is 22.9 Å². The van der Waals surface area contributed by atoms with Crippen LogP contribution in [0.4, 0.5) is 0 Å². The highest BCUT2D eigenvalue weighted by molar-refractivity contribution is 6.32. The van der Waals surface area contributed by atoms with Gasteiger partial charge in [-0.15, -0.1) is 0 Å². The monoisotopic (exact) mass is 245 g/mol. The molecule has 0 aliphatic carbocycles. The fourth-order valence-corrected chi connectivity index (χ4v) is 1.75. The lowest BCUT2D eigenvalue weighted by molar-refractivity contribution is 0.276. The summed E-state index contributed by atoms with van der Waals surface area (Å²) in [6.07, 6.45) is 0.478. The molecule has 1 aromatic rings. The number of aliphatic hydroxyl groups is 1. The lowest BCUT2D eigenvalue weighted by Gasteiger charge is -2.15. The van der Waals surface area contributed by atoms with Crippen LogP contribution in [0.25, 0.3) is 0 Å². The molecular formula is C11H16ClNO3. The summed E-state index contributed by atoms with van der Waals surface area (Å²) < 4.78 is 10.3. The van der Waals surface area contributed by atoms with E-state index in [0.717, 1.165) is 5.56 Å². The molecule has 0 saturated carbocycles. The summed E-state index contributed by atoms with van der Waals surface area (Å²) in [7, 11) is 3.06. The third kappa shape index (κ3) is 2.78. The molecular weight excluding hydrogens is 230 g/mol. The topological polar surface area (TPSA) is 64.7 Å². The third-order valence-corrected chi connectivity index (χ3v) is 2.60. The zero-order valence-corrected chi connectivity index (χ0v) is 10.1. The van der Waals surface area contributed by atoms with Gasteiger partial charge in [0.1, 0.15) is 0 Å². The van der Waals surface area contributed by atoms with Crippen LogP contribution in [0.15, 0.2) is 12.1 Å². The van der Waals surface area contributed by atoms with Crippen molar-refractivity contribution in [2.45, 2.75) is 12.5 Å². The van der Waals surface area contributed by atoms with Gasteiger partial charge in [-0.3, -0.25) is 0 Å². The molecule has 1 unspecified atom stereocenters. The second-order valence-electron chi connectivity index (χ2n) is 3.36. The molecule has 0 radical (unpaired) electrons. The molecule has 0 amide bonds. The van der Waals surface area contributed by atoms with Crippen molar-refractivity contribution in [2.75, 3.05) is 20.8 Å². The van der Waals surface area contributed by atoms with Crippen molar-refractivity contribution in [3.05, 3.63) is 22.7 Å². The Morgan fingerprint density at radius 2 is 2.06 bits per heavy atom. The molecule has 90 valence electrons. The Labute approximate surface area is 99.9 Å². The summed E-state index contributed by atoms with van der Waals surface area (Å²) in [6.45, 7) is 0.0349. The van der Waals surface area contributed by atoms with Crippen molar-refractivity contribution < 1.29 is 14.6 Å². The average molecular weight is 246 g/mol. The van der Waals surface area contributed by atoms with Crippen molar-refractivity contribution in [1.29, 1.82) is 0 Å². The molecule has 0 bridgehead atoms. The molecule has 0 fully saturated rings. The molecule has 5 heteroatoms. The smallest absolute Gasteiger partial charge is 0.179 e. The number of hydrogen-bond donors (Lipinski definition) is 2. The van der Waals surface area contributed by atoms with Crippen LogP contribution in [0, 0.1) is 0 Å². The van der Waals surface area contributed by atoms with E-state index in [4.69, 9.17) is 31.9 Å². The van der Waals surface area contributed by atoms with Gasteiger partial charge in [0, 0.05) is 12.6 Å². The molecule has 1 aromatic carbocycles. The Hall–Kier alpha value is -0.970. The largest absolute Gasteiger partial charge is 0.493 e. The van der Waals surface area contributed by atoms with Crippen LogP contribution in [-0.2, 0) is 0 Å². The predicted octanol–water partition coefficient (Wildman–Crippen LogP) is 1.74. The summed E-state index contributed by atoms with van der Waals surface area (Å²) in [5.74, 6) is 1.03. The van der Waals surface area contributed by atoms with Gasteiger partial charge in [-0.2, -0.15) is 0 Å². The van der Waals surface area contributed by atoms with Gasteiger partial charge in [-0.05, 0) is 24.1 Å². The maximum absolute atomic E-state index is 8.83. The molecule has 0 aliphatic heterocycles. The van der Waals surface area contributed by atoms with Gasteiger partial charge in [0.05, 0.1) is 19.2 Å². The Morgan fingerprint density at radius 3 is 2.56 bits per heavy atom. The molecule has 16 heavy (non-hydrogen) atoms. The first-order valence-corrected chi connectivity index (χ1v) is 5.29. The van der Waals surface area contributed by atoms with Crippen molar-refractivity contribution in [3.63, 3.8) is 0 Å². The Balaban J connectivity index is 3.09. The molecule has 0 spiro atoms. The van der Waals surface area contributed by atoms with Crippen LogP contribution in [0.1, 0.15) is 18.0 Å². The number of rotatable bonds is 5. The van der Waals surface area contributed by atoms with E-state index in [2.05, 4.69) is 0 Å². The van der Waals surface area contributed by atoms with E-state index in [1.54, 1.807) is 12.1 Å². The average Bonchev–Trinajstić information content (AvgIpc) is 2.28. The maximum atomic E-state index is 8.83. The van der Waals surface area contributed by atoms with Crippen molar-refractivity contribution >= 4 is 11.6 Å². The van der Waals surface area contributed by atoms with Gasteiger partial charge >= 0.3 is 0 Å². The zero-order valence-electron chi connectivity index (χ0n) is 9.37. The first-order valence-electron chi connectivity index (χ1n) is 4.91. The minimum Gasteiger partial charge on any atom is -0.493 e. The number of hydrogen-bond acceptors (Lipinski definition) is 4. The van der Waals surface area contributed by atoms with Gasteiger partial charge in [0.15, 0.2) is 11.5 Å². The lowest BCUT2D eigenvalue weighted by atomic mass is 10.0. The summed E-state index contributed by atoms with van der Waals surface area (Å²) in [5.41, 5.74) is 6.69. The van der Waals surface area contributed by atoms with E-state index < -0.39 is 0 Å². The molecule has 0 aliphatic rings. The Morgan fingerprint density at radius 1 is 1.38 bits per heavy atom. The van der Waals surface area contributed by atoms with Crippen LogP contribution in [-0.4, -0.2) is 25.9 Å². The fraction of sp³-hybridized carbons (Fsp3) is 0.455. The number of ether oxygens (including phenoxy) is 2. The number of aliphatic hydroxyl groups excluding tert-OH is 1. The van der Waals surface area contributed by atoms with Crippen molar-refractivity contribution in [3.8, 4) is 11.5 Å². The molecule has 0 saturated heterocycles. The quantitative estimate of drug-likeness (QED) is 0.829. The molecule has 1 rings (SSSR count). The Bertz CT molecular complexity index is 357. The lowest BCUT2D eigenvalue weighted by Crippen LogP contribution is -2.12. The van der Waals surface area contributed by atoms with E-state index >= 15 is 0 Å². The number of nitrogens with two attached hydrogens (primary N) is 1. The van der Waals surface area contributed by atoms with Crippen molar-refractivity contribution in [1.82, 2.24) is 0 Å². The molecule has 3 N–H and O–H groups in total. The summed E-state index contributed by atoms with van der Waals surface area (Å²) >= 11 is 6.03. The van der Waals surface area contributed by atoms with Crippen LogP contribution in [0.5, 0.6) is 11.5 Å². The molecule has 0 aromatic heterocycles. The summed E-state index contributed by atoms with van der Waals surface area (Å²) in [5, 5.41) is 9.27. The summed E-state index contributed by atoms with van der Waals surface area (Å²) in [4.78, 5) is 0. The highest BCUT2D eigenvalue weighted by Gasteiger charge is 2.14. The van der Waals surface area contributed by atoms with Crippen molar-refractivity contribution in [2.24, 2.45) is 5.73 Å². The third-order valence-electron chi connectivity index (χ3n) is 2.32. The minimum absolute atomic E-state index is 0.0349. The fourth-order valence-electron chi connectivity index (χ4n) is 1.46. The van der Waals surface area contributed by atoms with E-state index in [9.17, 15) is 0 Å². The van der Waals surface area contributed by atoms with Crippen LogP contribution >= 0.6 is 11.6 Å². The maximum Gasteiger partial charge on any atom is 0.179 e. The standard InChI is InChI=1S/C11H16ClNO3/c1-15-10-6-7(9(13)3-4-14)5-8(12)11(10)16-2/h5-6,9,14H,3-4,13H2,1-2H3. The summed E-state index contributed by atoms with van der Waals surface area (Å²) in [6, 6.07) is 3.23. The molecule has 1 atom stereocenters. The van der Waals surface area contributed by atoms with Crippen LogP contribution < -0.4 is 15.2 Å². The second kappa shape index (κ2) is 5.94. The zero-order chi connectivity index (χ0) is 12.1. The van der Waals surface area contributed by atoms with Gasteiger partial charge < -0.3 is 20.3 Å². The predicted molar refractivity (Wildman–Crippen MR) is 63.2 cm³/mol. The van der Waals surface area contributed by atoms with E-state index in [-0.39, 0.29) is 12.6 Å². The molecule has 4 nitrogen and oxygen atoms in total. The first-order chi connectivity index (χ1) is 7.63. The van der Waals surface area contributed by atoms with E-state index in [1.807, 2.05) is 0 Å². The second-order valence-corrected chi connectivity index (χ2v) is 3.76. The van der Waals surface area contributed by atoms with Gasteiger partial charge in [-0.25, -0.2) is 0 Å². The first kappa shape index (κ1) is 13.1. The van der Waals surface area contributed by atoms with E-state index in [1.165, 1.54) is 14.2 Å².